The summed E-state index contributed by atoms with van der Waals surface area (Å²) in [6.07, 6.45) is 18.6. The number of allylic oxidation sites excluding steroid dienone is 10. The van der Waals surface area contributed by atoms with Crippen LogP contribution in [0.1, 0.15) is 11.3 Å². The van der Waals surface area contributed by atoms with Crippen LogP contribution in [0.25, 0.3) is 11.1 Å². The molecule has 0 unspecified atom stereocenters. The molecule has 0 saturated heterocycles. The van der Waals surface area contributed by atoms with Crippen LogP contribution in [0.5, 0.6) is 0 Å². The highest BCUT2D eigenvalue weighted by Gasteiger charge is 2.11. The molecule has 1 heterocycles. The summed E-state index contributed by atoms with van der Waals surface area (Å²) in [7, 11) is 1.86. The van der Waals surface area contributed by atoms with Crippen LogP contribution in [0.15, 0.2) is 80.7 Å². The van der Waals surface area contributed by atoms with Crippen LogP contribution in [-0.2, 0) is 0 Å². The lowest BCUT2D eigenvalue weighted by Gasteiger charge is -2.04. The van der Waals surface area contributed by atoms with Crippen LogP contribution in [0, 0.1) is 0 Å². The molecule has 108 valence electrons. The Morgan fingerprint density at radius 2 is 1.81 bits per heavy atom. The van der Waals surface area contributed by atoms with Gasteiger partial charge >= 0.3 is 0 Å². The maximum absolute atomic E-state index is 4.34. The summed E-state index contributed by atoms with van der Waals surface area (Å²) in [4.78, 5) is 0. The van der Waals surface area contributed by atoms with Gasteiger partial charge in [-0.2, -0.15) is 5.10 Å². The van der Waals surface area contributed by atoms with Crippen molar-refractivity contribution in [3.05, 3.63) is 92.0 Å². The predicted molar refractivity (Wildman–Crippen MR) is 92.5 cm³/mol. The molecule has 0 radical (unpaired) electrons. The molecule has 3 nitrogen and oxygen atoms in total. The molecular weight excluding hydrogens is 258 g/mol. The van der Waals surface area contributed by atoms with Gasteiger partial charge in [0, 0.05) is 24.4 Å². The fraction of sp³-hybridized carbons (Fsp3) is 0.0556. The lowest BCUT2D eigenvalue weighted by molar-refractivity contribution is 1.08. The first kappa shape index (κ1) is 16.2. The van der Waals surface area contributed by atoms with E-state index in [1.165, 1.54) is 0 Å². The molecule has 1 rings (SSSR count). The fourth-order valence-corrected chi connectivity index (χ4v) is 1.78. The first-order valence-corrected chi connectivity index (χ1v) is 6.61. The van der Waals surface area contributed by atoms with Gasteiger partial charge in [0.05, 0.1) is 5.69 Å². The van der Waals surface area contributed by atoms with Gasteiger partial charge in [0.2, 0.25) is 0 Å². The monoisotopic (exact) mass is 279 g/mol. The maximum atomic E-state index is 4.34. The van der Waals surface area contributed by atoms with Gasteiger partial charge in [-0.3, -0.25) is 5.10 Å². The third-order valence-corrected chi connectivity index (χ3v) is 2.66. The third-order valence-electron chi connectivity index (χ3n) is 2.66. The minimum absolute atomic E-state index is 0.849. The number of H-pyrrole nitrogens is 1. The standard InChI is InChI=1S/C18H21N3/c1-5-8-11-16(10-7-3)18-17(14-20-21-18)15(9-6-2)12-13-19-4/h5-14,19H,1-3H2,4H3,(H,20,21)/b11-8-,13-12-,15-9+,16-10+. The molecule has 0 saturated carbocycles. The summed E-state index contributed by atoms with van der Waals surface area (Å²) in [6.45, 7) is 11.2. The van der Waals surface area contributed by atoms with E-state index in [1.54, 1.807) is 18.2 Å². The van der Waals surface area contributed by atoms with Crippen LogP contribution in [0.2, 0.25) is 0 Å². The molecule has 0 amide bonds. The average molecular weight is 279 g/mol. The van der Waals surface area contributed by atoms with Crippen LogP contribution in [0.3, 0.4) is 0 Å². The Hall–Kier alpha value is -2.81. The molecule has 0 bridgehead atoms. The van der Waals surface area contributed by atoms with E-state index in [4.69, 9.17) is 0 Å². The van der Waals surface area contributed by atoms with Crippen LogP contribution < -0.4 is 5.32 Å². The Bertz CT molecular complexity index is 610. The van der Waals surface area contributed by atoms with E-state index in [-0.39, 0.29) is 0 Å². The first-order valence-electron chi connectivity index (χ1n) is 6.61. The Balaban J connectivity index is 3.34. The minimum atomic E-state index is 0.849. The van der Waals surface area contributed by atoms with Crippen molar-refractivity contribution in [3.8, 4) is 0 Å². The molecule has 1 aromatic rings. The molecule has 0 aliphatic rings. The lowest BCUT2D eigenvalue weighted by atomic mass is 10.0. The molecule has 0 aliphatic carbocycles. The summed E-state index contributed by atoms with van der Waals surface area (Å²) in [5.41, 5.74) is 3.80. The number of aromatic amines is 1. The second-order valence-electron chi connectivity index (χ2n) is 4.08. The van der Waals surface area contributed by atoms with Gasteiger partial charge in [-0.1, -0.05) is 62.3 Å². The summed E-state index contributed by atoms with van der Waals surface area (Å²) in [6, 6.07) is 0. The van der Waals surface area contributed by atoms with Gasteiger partial charge < -0.3 is 5.32 Å². The Kier molecular flexibility index (Phi) is 7.08. The van der Waals surface area contributed by atoms with Gasteiger partial charge in [-0.15, -0.1) is 0 Å². The topological polar surface area (TPSA) is 40.7 Å². The van der Waals surface area contributed by atoms with Gasteiger partial charge in [0.25, 0.3) is 0 Å². The van der Waals surface area contributed by atoms with Crippen molar-refractivity contribution in [2.75, 3.05) is 7.05 Å². The number of hydrogen-bond acceptors (Lipinski definition) is 2. The van der Waals surface area contributed by atoms with E-state index >= 15 is 0 Å². The van der Waals surface area contributed by atoms with Crippen molar-refractivity contribution in [3.63, 3.8) is 0 Å². The zero-order valence-corrected chi connectivity index (χ0v) is 12.3. The number of aromatic nitrogens is 2. The molecule has 0 spiro atoms. The highest BCUT2D eigenvalue weighted by molar-refractivity contribution is 5.85. The zero-order chi connectivity index (χ0) is 15.5. The summed E-state index contributed by atoms with van der Waals surface area (Å²) in [5, 5.41) is 10.2. The van der Waals surface area contributed by atoms with E-state index in [0.717, 1.165) is 22.4 Å². The summed E-state index contributed by atoms with van der Waals surface area (Å²) in [5.74, 6) is 0. The summed E-state index contributed by atoms with van der Waals surface area (Å²) >= 11 is 0. The van der Waals surface area contributed by atoms with Gasteiger partial charge in [-0.05, 0) is 17.8 Å². The molecule has 0 aromatic carbocycles. The van der Waals surface area contributed by atoms with Crippen molar-refractivity contribution in [2.45, 2.75) is 0 Å². The Morgan fingerprint density at radius 3 is 2.43 bits per heavy atom. The van der Waals surface area contributed by atoms with Gasteiger partial charge in [-0.25, -0.2) is 0 Å². The lowest BCUT2D eigenvalue weighted by Crippen LogP contribution is -1.93. The predicted octanol–water partition coefficient (Wildman–Crippen LogP) is 4.02. The molecule has 2 N–H and O–H groups in total. The zero-order valence-electron chi connectivity index (χ0n) is 12.3. The van der Waals surface area contributed by atoms with Crippen molar-refractivity contribution < 1.29 is 0 Å². The largest absolute Gasteiger partial charge is 0.394 e. The smallest absolute Gasteiger partial charge is 0.0999 e. The molecule has 0 atom stereocenters. The molecule has 3 heteroatoms. The van der Waals surface area contributed by atoms with Crippen molar-refractivity contribution in [1.29, 1.82) is 0 Å². The van der Waals surface area contributed by atoms with Crippen LogP contribution in [0.4, 0.5) is 0 Å². The van der Waals surface area contributed by atoms with Gasteiger partial charge in [0.15, 0.2) is 0 Å². The normalized spacial score (nSPS) is 12.8. The maximum Gasteiger partial charge on any atom is 0.0999 e. The molecule has 0 fully saturated rings. The van der Waals surface area contributed by atoms with E-state index in [9.17, 15) is 0 Å². The number of rotatable bonds is 8. The van der Waals surface area contributed by atoms with Crippen LogP contribution in [-0.4, -0.2) is 17.2 Å². The number of hydrogen-bond donors (Lipinski definition) is 2. The quantitative estimate of drug-likeness (QED) is 0.705. The van der Waals surface area contributed by atoms with Crippen molar-refractivity contribution >= 4 is 11.1 Å². The van der Waals surface area contributed by atoms with E-state index in [2.05, 4.69) is 35.3 Å². The van der Waals surface area contributed by atoms with Gasteiger partial charge in [0.1, 0.15) is 0 Å². The fourth-order valence-electron chi connectivity index (χ4n) is 1.78. The Morgan fingerprint density at radius 1 is 1.10 bits per heavy atom. The van der Waals surface area contributed by atoms with E-state index < -0.39 is 0 Å². The average Bonchev–Trinajstić information content (AvgIpc) is 2.97. The SMILES string of the molecule is C=C/C=C\C(=C/C=C)c1n[nH]cc1C(/C=C\NC)=C/C=C. The number of nitrogens with one attached hydrogen (secondary N) is 2. The highest BCUT2D eigenvalue weighted by Crippen LogP contribution is 2.25. The van der Waals surface area contributed by atoms with E-state index in [1.807, 2.05) is 49.8 Å². The first-order chi connectivity index (χ1) is 10.3. The van der Waals surface area contributed by atoms with Crippen molar-refractivity contribution in [1.82, 2.24) is 15.5 Å². The second kappa shape index (κ2) is 9.15. The summed E-state index contributed by atoms with van der Waals surface area (Å²) < 4.78 is 0. The molecule has 21 heavy (non-hydrogen) atoms. The molecule has 0 aliphatic heterocycles. The van der Waals surface area contributed by atoms with Crippen molar-refractivity contribution in [2.24, 2.45) is 0 Å². The Labute approximate surface area is 126 Å². The van der Waals surface area contributed by atoms with E-state index in [0.29, 0.717) is 0 Å². The molecule has 1 aromatic heterocycles. The minimum Gasteiger partial charge on any atom is -0.394 e. The third kappa shape index (κ3) is 4.66. The highest BCUT2D eigenvalue weighted by atomic mass is 15.1. The molecular formula is C18H21N3. The number of nitrogens with zero attached hydrogens (tertiary/aromatic N) is 1. The second-order valence-corrected chi connectivity index (χ2v) is 4.08. The van der Waals surface area contributed by atoms with Crippen LogP contribution >= 0.6 is 0 Å².